The van der Waals surface area contributed by atoms with E-state index in [1.54, 1.807) is 0 Å². The number of H-pyrrole nitrogens is 2. The van der Waals surface area contributed by atoms with Crippen molar-refractivity contribution in [2.45, 2.75) is 19.3 Å². The zero-order chi connectivity index (χ0) is 10.7. The van der Waals surface area contributed by atoms with Gasteiger partial charge in [0.2, 0.25) is 9.54 Å². The summed E-state index contributed by atoms with van der Waals surface area (Å²) in [6.07, 6.45) is 9.65. The van der Waals surface area contributed by atoms with E-state index in [1.807, 2.05) is 6.21 Å². The molecule has 15 heavy (non-hydrogen) atoms. The fraction of sp³-hybridized carbons (Fsp3) is 0.444. The zero-order valence-electron chi connectivity index (χ0n) is 8.14. The Morgan fingerprint density at radius 3 is 2.67 bits per heavy atom. The van der Waals surface area contributed by atoms with Crippen molar-refractivity contribution in [2.75, 3.05) is 0 Å². The van der Waals surface area contributed by atoms with Crippen molar-refractivity contribution in [2.24, 2.45) is 11.0 Å². The second kappa shape index (κ2) is 4.67. The van der Waals surface area contributed by atoms with E-state index in [1.165, 1.54) is 4.68 Å². The normalized spacial score (nSPS) is 21.2. The van der Waals surface area contributed by atoms with Crippen LogP contribution in [0.5, 0.6) is 0 Å². The Bertz CT molecular complexity index is 463. The van der Waals surface area contributed by atoms with Gasteiger partial charge < -0.3 is 0 Å². The van der Waals surface area contributed by atoms with Crippen molar-refractivity contribution >= 4 is 30.7 Å². The number of hydrogen-bond acceptors (Lipinski definition) is 3. The van der Waals surface area contributed by atoms with Gasteiger partial charge >= 0.3 is 0 Å². The molecule has 1 aromatic heterocycles. The van der Waals surface area contributed by atoms with Crippen LogP contribution in [0.15, 0.2) is 17.3 Å². The van der Waals surface area contributed by atoms with Crippen molar-refractivity contribution in [1.29, 1.82) is 0 Å². The van der Waals surface area contributed by atoms with Gasteiger partial charge in [0, 0.05) is 6.21 Å². The summed E-state index contributed by atoms with van der Waals surface area (Å²) in [5, 5.41) is 9.77. The summed E-state index contributed by atoms with van der Waals surface area (Å²) >= 11 is 10.0. The minimum absolute atomic E-state index is 0.501. The van der Waals surface area contributed by atoms with Crippen LogP contribution in [0.25, 0.3) is 0 Å². The zero-order valence-corrected chi connectivity index (χ0v) is 9.77. The molecular weight excluding hydrogens is 228 g/mol. The molecule has 1 heterocycles. The molecule has 1 aromatic rings. The number of hydrogen-bond donors (Lipinski definition) is 2. The Morgan fingerprint density at radius 2 is 2.07 bits per heavy atom. The molecule has 2 rings (SSSR count). The van der Waals surface area contributed by atoms with Gasteiger partial charge in [0.15, 0.2) is 0 Å². The Balaban J connectivity index is 2.14. The van der Waals surface area contributed by atoms with Crippen molar-refractivity contribution in [3.63, 3.8) is 0 Å². The van der Waals surface area contributed by atoms with Gasteiger partial charge in [-0.1, -0.05) is 12.2 Å². The van der Waals surface area contributed by atoms with Crippen LogP contribution in [0.3, 0.4) is 0 Å². The van der Waals surface area contributed by atoms with Crippen molar-refractivity contribution < 1.29 is 0 Å². The maximum atomic E-state index is 5.02. The van der Waals surface area contributed by atoms with Crippen molar-refractivity contribution in [1.82, 2.24) is 14.9 Å². The summed E-state index contributed by atoms with van der Waals surface area (Å²) in [6.45, 7) is 0. The van der Waals surface area contributed by atoms with Gasteiger partial charge in [-0.3, -0.25) is 10.2 Å². The molecule has 1 aliphatic carbocycles. The molecule has 0 fully saturated rings. The third-order valence-corrected chi connectivity index (χ3v) is 2.91. The number of allylic oxidation sites excluding steroid dienone is 2. The molecule has 1 atom stereocenters. The molecule has 0 aromatic carbocycles. The highest BCUT2D eigenvalue weighted by molar-refractivity contribution is 7.72. The Labute approximate surface area is 97.7 Å². The van der Waals surface area contributed by atoms with Gasteiger partial charge in [0.05, 0.1) is 0 Å². The van der Waals surface area contributed by atoms with E-state index < -0.39 is 0 Å². The summed E-state index contributed by atoms with van der Waals surface area (Å²) in [6, 6.07) is 0. The van der Waals surface area contributed by atoms with Crippen LogP contribution < -0.4 is 0 Å². The molecule has 1 aliphatic rings. The molecule has 0 saturated carbocycles. The first kappa shape index (κ1) is 10.5. The molecule has 4 nitrogen and oxygen atoms in total. The first-order valence-corrected chi connectivity index (χ1v) is 5.68. The lowest BCUT2D eigenvalue weighted by Crippen LogP contribution is -2.05. The Kier molecular flexibility index (Phi) is 3.27. The third-order valence-electron chi connectivity index (χ3n) is 2.36. The van der Waals surface area contributed by atoms with E-state index in [-0.39, 0.29) is 0 Å². The summed E-state index contributed by atoms with van der Waals surface area (Å²) in [7, 11) is 0. The van der Waals surface area contributed by atoms with Crippen LogP contribution in [-0.4, -0.2) is 21.1 Å². The first-order chi connectivity index (χ1) is 7.27. The third kappa shape index (κ3) is 2.51. The molecule has 0 amide bonds. The smallest absolute Gasteiger partial charge is 0.215 e. The van der Waals surface area contributed by atoms with E-state index in [2.05, 4.69) is 27.5 Å². The van der Waals surface area contributed by atoms with Crippen LogP contribution in [-0.2, 0) is 0 Å². The molecule has 0 radical (unpaired) electrons. The van der Waals surface area contributed by atoms with E-state index in [9.17, 15) is 0 Å². The minimum atomic E-state index is 0.501. The molecule has 80 valence electrons. The molecule has 6 heteroatoms. The number of aromatic amines is 2. The topological polar surface area (TPSA) is 48.9 Å². The first-order valence-electron chi connectivity index (χ1n) is 4.86. The second-order valence-electron chi connectivity index (χ2n) is 3.48. The second-order valence-corrected chi connectivity index (χ2v) is 4.25. The molecule has 0 spiro atoms. The van der Waals surface area contributed by atoms with Crippen LogP contribution in [0.2, 0.25) is 0 Å². The van der Waals surface area contributed by atoms with Gasteiger partial charge in [-0.25, -0.2) is 0 Å². The highest BCUT2D eigenvalue weighted by Crippen LogP contribution is 2.15. The average molecular weight is 240 g/mol. The monoisotopic (exact) mass is 240 g/mol. The highest BCUT2D eigenvalue weighted by Gasteiger charge is 2.06. The summed E-state index contributed by atoms with van der Waals surface area (Å²) in [4.78, 5) is 0. The standard InChI is InChI=1S/C9H12N4S2/c14-8-11-12-9(15)13(8)10-6-7-4-2-1-3-5-7/h1-2,6-7H,3-5H2,(H,11,14)(H,12,15)/b10-6-/t7-/m0/s1. The molecule has 2 N–H and O–H groups in total. The van der Waals surface area contributed by atoms with Gasteiger partial charge in [-0.2, -0.15) is 9.78 Å². The highest BCUT2D eigenvalue weighted by atomic mass is 32.1. The quantitative estimate of drug-likeness (QED) is 0.474. The summed E-state index contributed by atoms with van der Waals surface area (Å²) < 4.78 is 2.54. The van der Waals surface area contributed by atoms with Gasteiger partial charge in [0.1, 0.15) is 0 Å². The summed E-state index contributed by atoms with van der Waals surface area (Å²) in [5.74, 6) is 0.501. The molecular formula is C9H12N4S2. The predicted molar refractivity (Wildman–Crippen MR) is 65.2 cm³/mol. The van der Waals surface area contributed by atoms with E-state index >= 15 is 0 Å². The largest absolute Gasteiger partial charge is 0.273 e. The average Bonchev–Trinajstić information content (AvgIpc) is 2.58. The van der Waals surface area contributed by atoms with Crippen LogP contribution in [0, 0.1) is 15.5 Å². The number of rotatable bonds is 2. The lowest BCUT2D eigenvalue weighted by Gasteiger charge is -2.11. The van der Waals surface area contributed by atoms with Gasteiger partial charge in [0.25, 0.3) is 0 Å². The van der Waals surface area contributed by atoms with Crippen molar-refractivity contribution in [3.8, 4) is 0 Å². The lowest BCUT2D eigenvalue weighted by molar-refractivity contribution is 0.621. The maximum Gasteiger partial charge on any atom is 0.215 e. The number of aromatic nitrogens is 3. The molecule has 0 unspecified atom stereocenters. The van der Waals surface area contributed by atoms with E-state index in [0.717, 1.165) is 19.3 Å². The predicted octanol–water partition coefficient (Wildman–Crippen LogP) is 2.79. The van der Waals surface area contributed by atoms with Crippen molar-refractivity contribution in [3.05, 3.63) is 21.7 Å². The molecule has 0 aliphatic heterocycles. The maximum absolute atomic E-state index is 5.02. The lowest BCUT2D eigenvalue weighted by atomic mass is 9.96. The molecule has 0 saturated heterocycles. The van der Waals surface area contributed by atoms with Gasteiger partial charge in [-0.15, -0.1) is 0 Å². The van der Waals surface area contributed by atoms with Crippen LogP contribution >= 0.6 is 24.4 Å². The Morgan fingerprint density at radius 1 is 1.33 bits per heavy atom. The fourth-order valence-electron chi connectivity index (χ4n) is 1.52. The number of nitrogens with one attached hydrogen (secondary N) is 2. The van der Waals surface area contributed by atoms with E-state index in [4.69, 9.17) is 24.4 Å². The van der Waals surface area contributed by atoms with Crippen LogP contribution in [0.4, 0.5) is 0 Å². The van der Waals surface area contributed by atoms with E-state index in [0.29, 0.717) is 15.5 Å². The SMILES string of the molecule is S=c1[nH][nH]c(=S)n1/N=C\[C@H]1CC=CCC1. The molecule has 0 bridgehead atoms. The summed E-state index contributed by atoms with van der Waals surface area (Å²) in [5.41, 5.74) is 0. The van der Waals surface area contributed by atoms with Crippen LogP contribution in [0.1, 0.15) is 19.3 Å². The minimum Gasteiger partial charge on any atom is -0.273 e. The Hall–Kier alpha value is -1.01. The number of nitrogens with zero attached hydrogens (tertiary/aromatic N) is 2. The fourth-order valence-corrected chi connectivity index (χ4v) is 1.96. The van der Waals surface area contributed by atoms with Gasteiger partial charge in [-0.05, 0) is 49.6 Å².